The molecule has 0 aliphatic carbocycles. The summed E-state index contributed by atoms with van der Waals surface area (Å²) in [6.07, 6.45) is 3.79. The van der Waals surface area contributed by atoms with Crippen molar-refractivity contribution >= 4 is 33.6 Å². The highest BCUT2D eigenvalue weighted by molar-refractivity contribution is 7.15. The van der Waals surface area contributed by atoms with Crippen LogP contribution in [-0.2, 0) is 6.54 Å². The minimum Gasteiger partial charge on any atom is -0.377 e. The molecule has 0 spiro atoms. The van der Waals surface area contributed by atoms with Gasteiger partial charge in [-0.15, -0.1) is 11.3 Å². The van der Waals surface area contributed by atoms with Crippen molar-refractivity contribution in [2.75, 3.05) is 5.32 Å². The molecule has 0 fully saturated rings. The van der Waals surface area contributed by atoms with Gasteiger partial charge in [-0.1, -0.05) is 11.6 Å². The van der Waals surface area contributed by atoms with Gasteiger partial charge < -0.3 is 5.32 Å². The normalized spacial score (nSPS) is 11.1. The van der Waals surface area contributed by atoms with Gasteiger partial charge in [0, 0.05) is 17.8 Å². The monoisotopic (exact) mass is 292 g/mol. The van der Waals surface area contributed by atoms with Crippen LogP contribution in [0.4, 0.5) is 5.69 Å². The molecule has 3 heterocycles. The van der Waals surface area contributed by atoms with E-state index in [0.717, 1.165) is 27.6 Å². The third-order valence-electron chi connectivity index (χ3n) is 2.98. The predicted molar refractivity (Wildman–Crippen MR) is 79.1 cm³/mol. The first-order chi connectivity index (χ1) is 9.15. The van der Waals surface area contributed by atoms with E-state index < -0.39 is 0 Å². The number of rotatable bonds is 3. The van der Waals surface area contributed by atoms with Crippen molar-refractivity contribution < 1.29 is 0 Å². The molecule has 6 heteroatoms. The molecular formula is C13H13ClN4S. The smallest absolute Gasteiger partial charge is 0.194 e. The Labute approximate surface area is 120 Å². The largest absolute Gasteiger partial charge is 0.377 e. The number of imidazole rings is 1. The first kappa shape index (κ1) is 12.4. The Kier molecular flexibility index (Phi) is 3.16. The van der Waals surface area contributed by atoms with Crippen molar-refractivity contribution in [1.82, 2.24) is 14.4 Å². The Bertz CT molecular complexity index is 731. The molecule has 0 radical (unpaired) electrons. The second-order valence-electron chi connectivity index (χ2n) is 4.40. The third kappa shape index (κ3) is 2.31. The minimum absolute atomic E-state index is 0.495. The molecule has 0 saturated carbocycles. The van der Waals surface area contributed by atoms with Crippen molar-refractivity contribution in [1.29, 1.82) is 0 Å². The van der Waals surface area contributed by atoms with Crippen molar-refractivity contribution in [3.8, 4) is 0 Å². The Hall–Kier alpha value is -1.59. The Balaban J connectivity index is 1.87. The molecule has 3 aromatic heterocycles. The van der Waals surface area contributed by atoms with Crippen LogP contribution in [0.1, 0.15) is 17.0 Å². The standard InChI is InChI=1S/C13H13ClN4S/c1-8-5-10(12(14)16-6-8)15-7-11-9(2)17-13-18(11)3-4-19-13/h3-6,15H,7H2,1-2H3. The number of nitrogens with zero attached hydrogens (tertiary/aromatic N) is 3. The Morgan fingerprint density at radius 3 is 3.11 bits per heavy atom. The van der Waals surface area contributed by atoms with Gasteiger partial charge in [0.05, 0.1) is 23.6 Å². The van der Waals surface area contributed by atoms with Crippen molar-refractivity contribution in [2.45, 2.75) is 20.4 Å². The highest BCUT2D eigenvalue weighted by Crippen LogP contribution is 2.22. The summed E-state index contributed by atoms with van der Waals surface area (Å²) in [4.78, 5) is 9.67. The highest BCUT2D eigenvalue weighted by atomic mass is 35.5. The van der Waals surface area contributed by atoms with Gasteiger partial charge in [0.15, 0.2) is 10.1 Å². The van der Waals surface area contributed by atoms with Gasteiger partial charge in [-0.05, 0) is 25.5 Å². The Morgan fingerprint density at radius 1 is 1.42 bits per heavy atom. The number of nitrogens with one attached hydrogen (secondary N) is 1. The lowest BCUT2D eigenvalue weighted by molar-refractivity contribution is 0.991. The fourth-order valence-corrected chi connectivity index (χ4v) is 2.96. The van der Waals surface area contributed by atoms with E-state index in [-0.39, 0.29) is 0 Å². The van der Waals surface area contributed by atoms with E-state index >= 15 is 0 Å². The lowest BCUT2D eigenvalue weighted by Gasteiger charge is -2.08. The van der Waals surface area contributed by atoms with Crippen LogP contribution in [0.3, 0.4) is 0 Å². The van der Waals surface area contributed by atoms with Gasteiger partial charge in [-0.2, -0.15) is 0 Å². The summed E-state index contributed by atoms with van der Waals surface area (Å²) in [6.45, 7) is 4.69. The Morgan fingerprint density at radius 2 is 2.26 bits per heavy atom. The number of halogens is 1. The summed E-state index contributed by atoms with van der Waals surface area (Å²) >= 11 is 7.71. The van der Waals surface area contributed by atoms with E-state index in [4.69, 9.17) is 11.6 Å². The zero-order chi connectivity index (χ0) is 13.4. The van der Waals surface area contributed by atoms with Crippen LogP contribution in [0, 0.1) is 13.8 Å². The van der Waals surface area contributed by atoms with E-state index in [1.807, 2.05) is 31.5 Å². The molecular weight excluding hydrogens is 280 g/mol. The van der Waals surface area contributed by atoms with Crippen LogP contribution in [0.2, 0.25) is 5.15 Å². The quantitative estimate of drug-likeness (QED) is 0.749. The van der Waals surface area contributed by atoms with E-state index in [1.54, 1.807) is 17.5 Å². The third-order valence-corrected chi connectivity index (χ3v) is 4.04. The molecule has 3 rings (SSSR count). The van der Waals surface area contributed by atoms with E-state index in [0.29, 0.717) is 11.7 Å². The number of aryl methyl sites for hydroxylation is 2. The number of pyridine rings is 1. The SMILES string of the molecule is Cc1cnc(Cl)c(NCc2c(C)nc3sccn23)c1. The number of aromatic nitrogens is 3. The van der Waals surface area contributed by atoms with Crippen LogP contribution in [0.5, 0.6) is 0 Å². The van der Waals surface area contributed by atoms with Crippen LogP contribution >= 0.6 is 22.9 Å². The number of thiazole rings is 1. The predicted octanol–water partition coefficient (Wildman–Crippen LogP) is 3.67. The van der Waals surface area contributed by atoms with E-state index in [1.165, 1.54) is 0 Å². The van der Waals surface area contributed by atoms with Crippen molar-refractivity contribution in [2.24, 2.45) is 0 Å². The maximum absolute atomic E-state index is 6.08. The van der Waals surface area contributed by atoms with Gasteiger partial charge in [0.25, 0.3) is 0 Å². The molecule has 4 nitrogen and oxygen atoms in total. The van der Waals surface area contributed by atoms with Gasteiger partial charge in [0.2, 0.25) is 0 Å². The molecule has 0 amide bonds. The van der Waals surface area contributed by atoms with E-state index in [2.05, 4.69) is 19.7 Å². The second-order valence-corrected chi connectivity index (χ2v) is 5.64. The molecule has 0 aliphatic heterocycles. The molecule has 0 aliphatic rings. The van der Waals surface area contributed by atoms with Gasteiger partial charge >= 0.3 is 0 Å². The van der Waals surface area contributed by atoms with Gasteiger partial charge in [-0.25, -0.2) is 9.97 Å². The first-order valence-electron chi connectivity index (χ1n) is 5.92. The fourth-order valence-electron chi connectivity index (χ4n) is 2.01. The minimum atomic E-state index is 0.495. The topological polar surface area (TPSA) is 42.2 Å². The molecule has 98 valence electrons. The zero-order valence-electron chi connectivity index (χ0n) is 10.6. The number of hydrogen-bond donors (Lipinski definition) is 1. The summed E-state index contributed by atoms with van der Waals surface area (Å²) in [7, 11) is 0. The van der Waals surface area contributed by atoms with Crippen molar-refractivity contribution in [3.05, 3.63) is 45.9 Å². The summed E-state index contributed by atoms with van der Waals surface area (Å²) in [5, 5.41) is 5.86. The number of anilines is 1. The molecule has 19 heavy (non-hydrogen) atoms. The highest BCUT2D eigenvalue weighted by Gasteiger charge is 2.10. The number of hydrogen-bond acceptors (Lipinski definition) is 4. The van der Waals surface area contributed by atoms with E-state index in [9.17, 15) is 0 Å². The number of fused-ring (bicyclic) bond motifs is 1. The zero-order valence-corrected chi connectivity index (χ0v) is 12.2. The maximum atomic E-state index is 6.08. The summed E-state index contributed by atoms with van der Waals surface area (Å²) in [6, 6.07) is 2.00. The van der Waals surface area contributed by atoms with Crippen LogP contribution < -0.4 is 5.32 Å². The molecule has 0 atom stereocenters. The van der Waals surface area contributed by atoms with Crippen molar-refractivity contribution in [3.63, 3.8) is 0 Å². The molecule has 1 N–H and O–H groups in total. The fraction of sp³-hybridized carbons (Fsp3) is 0.231. The first-order valence-corrected chi connectivity index (χ1v) is 7.18. The molecule has 0 saturated heterocycles. The summed E-state index contributed by atoms with van der Waals surface area (Å²) < 4.78 is 2.10. The van der Waals surface area contributed by atoms with Crippen LogP contribution in [0.25, 0.3) is 4.96 Å². The average Bonchev–Trinajstić information content (AvgIpc) is 2.92. The summed E-state index contributed by atoms with van der Waals surface area (Å²) in [5.41, 5.74) is 4.12. The molecule has 3 aromatic rings. The lowest BCUT2D eigenvalue weighted by Crippen LogP contribution is -2.04. The second kappa shape index (κ2) is 4.83. The summed E-state index contributed by atoms with van der Waals surface area (Å²) in [5.74, 6) is 0. The average molecular weight is 293 g/mol. The van der Waals surface area contributed by atoms with Crippen LogP contribution in [0.15, 0.2) is 23.8 Å². The lowest BCUT2D eigenvalue weighted by atomic mass is 10.3. The molecule has 0 unspecified atom stereocenters. The van der Waals surface area contributed by atoms with Gasteiger partial charge in [0.1, 0.15) is 0 Å². The molecule has 0 aromatic carbocycles. The van der Waals surface area contributed by atoms with Gasteiger partial charge in [-0.3, -0.25) is 4.40 Å². The maximum Gasteiger partial charge on any atom is 0.194 e. The van der Waals surface area contributed by atoms with Crippen LogP contribution in [-0.4, -0.2) is 14.4 Å². The molecule has 0 bridgehead atoms.